The molecule has 0 aromatic carbocycles. The van der Waals surface area contributed by atoms with Crippen LogP contribution >= 0.6 is 0 Å². The highest BCUT2D eigenvalue weighted by Crippen LogP contribution is 2.00. The Bertz CT molecular complexity index is 139. The van der Waals surface area contributed by atoms with Crippen molar-refractivity contribution in [1.29, 1.82) is 0 Å². The topological polar surface area (TPSA) is 70.8 Å². The van der Waals surface area contributed by atoms with Gasteiger partial charge in [-0.15, -0.1) is 0 Å². The van der Waals surface area contributed by atoms with Gasteiger partial charge in [-0.1, -0.05) is 0 Å². The first-order valence-electron chi connectivity index (χ1n) is 3.71. The maximum Gasteiger partial charge on any atom is 0.274 e. The molecule has 0 aliphatic rings. The third-order valence-electron chi connectivity index (χ3n) is 1.20. The molecule has 0 saturated carbocycles. The van der Waals surface area contributed by atoms with E-state index in [1.807, 2.05) is 0 Å². The van der Waals surface area contributed by atoms with Crippen LogP contribution in [0.25, 0.3) is 0 Å². The summed E-state index contributed by atoms with van der Waals surface area (Å²) < 4.78 is 14.6. The number of nitrogens with two attached hydrogens (primary N) is 1. The fourth-order valence-corrected chi connectivity index (χ4v) is 0.569. The van der Waals surface area contributed by atoms with Gasteiger partial charge in [-0.3, -0.25) is 4.79 Å². The molecule has 0 fully saturated rings. The number of carbonyl (C=O) groups excluding carboxylic acids is 1. The van der Waals surface area contributed by atoms with Crippen LogP contribution in [-0.4, -0.2) is 32.2 Å². The van der Waals surface area contributed by atoms with Crippen LogP contribution in [0.2, 0.25) is 0 Å². The van der Waals surface area contributed by atoms with Crippen LogP contribution in [0.1, 0.15) is 13.8 Å². The number of methoxy groups -OCH3 is 1. The van der Waals surface area contributed by atoms with E-state index in [4.69, 9.17) is 19.9 Å². The fourth-order valence-electron chi connectivity index (χ4n) is 0.569. The number of amides is 1. The van der Waals surface area contributed by atoms with E-state index in [1.54, 1.807) is 13.8 Å². The molecule has 0 heterocycles. The highest BCUT2D eigenvalue weighted by Gasteiger charge is 2.18. The van der Waals surface area contributed by atoms with E-state index < -0.39 is 18.5 Å². The van der Waals surface area contributed by atoms with Crippen molar-refractivity contribution in [2.45, 2.75) is 26.4 Å². The van der Waals surface area contributed by atoms with Crippen LogP contribution < -0.4 is 5.73 Å². The Hall–Kier alpha value is -0.650. The van der Waals surface area contributed by atoms with Crippen LogP contribution in [0.5, 0.6) is 0 Å². The molecule has 0 aromatic rings. The molecular formula is C7H15NO4. The fraction of sp³-hybridized carbons (Fsp3) is 0.857. The monoisotopic (exact) mass is 177 g/mol. The number of hydrogen-bond donors (Lipinski definition) is 1. The molecule has 0 aliphatic carbocycles. The van der Waals surface area contributed by atoms with Crippen LogP contribution in [0, 0.1) is 0 Å². The molecule has 2 N–H and O–H groups in total. The lowest BCUT2D eigenvalue weighted by molar-refractivity contribution is -0.224. The lowest BCUT2D eigenvalue weighted by Gasteiger charge is -2.18. The SMILES string of the molecule is CCOC(OC(C)OC)C(N)=O. The van der Waals surface area contributed by atoms with Crippen LogP contribution in [0.15, 0.2) is 0 Å². The first-order valence-corrected chi connectivity index (χ1v) is 3.71. The molecule has 1 amide bonds. The molecule has 0 aliphatic heterocycles. The Labute approximate surface area is 71.8 Å². The molecule has 0 aromatic heterocycles. The normalized spacial score (nSPS) is 15.6. The van der Waals surface area contributed by atoms with Gasteiger partial charge in [0.05, 0.1) is 0 Å². The maximum atomic E-state index is 10.7. The van der Waals surface area contributed by atoms with Crippen molar-refractivity contribution in [2.75, 3.05) is 13.7 Å². The van der Waals surface area contributed by atoms with Crippen molar-refractivity contribution in [3.8, 4) is 0 Å². The van der Waals surface area contributed by atoms with E-state index in [0.717, 1.165) is 0 Å². The molecule has 0 saturated heterocycles. The van der Waals surface area contributed by atoms with Gasteiger partial charge >= 0.3 is 0 Å². The summed E-state index contributed by atoms with van der Waals surface area (Å²) in [5, 5.41) is 0. The van der Waals surface area contributed by atoms with E-state index in [2.05, 4.69) is 0 Å². The minimum Gasteiger partial charge on any atom is -0.365 e. The zero-order valence-electron chi connectivity index (χ0n) is 7.57. The van der Waals surface area contributed by atoms with Crippen LogP contribution in [-0.2, 0) is 19.0 Å². The third-order valence-corrected chi connectivity index (χ3v) is 1.20. The van der Waals surface area contributed by atoms with Crippen molar-refractivity contribution in [2.24, 2.45) is 5.73 Å². The van der Waals surface area contributed by atoms with Gasteiger partial charge in [-0.2, -0.15) is 0 Å². The van der Waals surface area contributed by atoms with Crippen LogP contribution in [0.3, 0.4) is 0 Å². The Balaban J connectivity index is 3.86. The van der Waals surface area contributed by atoms with E-state index in [0.29, 0.717) is 6.61 Å². The van der Waals surface area contributed by atoms with Crippen LogP contribution in [0.4, 0.5) is 0 Å². The lowest BCUT2D eigenvalue weighted by atomic mass is 10.6. The van der Waals surface area contributed by atoms with Crippen molar-refractivity contribution >= 4 is 5.91 Å². The smallest absolute Gasteiger partial charge is 0.274 e. The number of ether oxygens (including phenoxy) is 3. The lowest BCUT2D eigenvalue weighted by Crippen LogP contribution is -2.36. The third kappa shape index (κ3) is 4.27. The molecule has 72 valence electrons. The van der Waals surface area contributed by atoms with E-state index in [1.165, 1.54) is 7.11 Å². The average molecular weight is 177 g/mol. The van der Waals surface area contributed by atoms with Crippen molar-refractivity contribution in [3.05, 3.63) is 0 Å². The summed E-state index contributed by atoms with van der Waals surface area (Å²) in [7, 11) is 1.47. The van der Waals surface area contributed by atoms with Gasteiger partial charge in [-0.25, -0.2) is 0 Å². The molecule has 0 rings (SSSR count). The van der Waals surface area contributed by atoms with Crippen molar-refractivity contribution < 1.29 is 19.0 Å². The molecule has 0 spiro atoms. The molecule has 0 radical (unpaired) electrons. The van der Waals surface area contributed by atoms with Gasteiger partial charge in [0.15, 0.2) is 6.29 Å². The predicted molar refractivity (Wildman–Crippen MR) is 42.2 cm³/mol. The highest BCUT2D eigenvalue weighted by molar-refractivity contribution is 5.77. The number of carbonyl (C=O) groups is 1. The standard InChI is InChI=1S/C7H15NO4/c1-4-11-7(6(8)9)12-5(2)10-3/h5,7H,4H2,1-3H3,(H2,8,9). The largest absolute Gasteiger partial charge is 0.365 e. The Kier molecular flexibility index (Phi) is 5.61. The van der Waals surface area contributed by atoms with Gasteiger partial charge in [0, 0.05) is 13.7 Å². The summed E-state index contributed by atoms with van der Waals surface area (Å²) >= 11 is 0. The molecule has 5 nitrogen and oxygen atoms in total. The number of rotatable bonds is 6. The van der Waals surface area contributed by atoms with E-state index in [-0.39, 0.29) is 0 Å². The quantitative estimate of drug-likeness (QED) is 0.572. The first-order chi connectivity index (χ1) is 5.61. The van der Waals surface area contributed by atoms with Gasteiger partial charge < -0.3 is 19.9 Å². The zero-order chi connectivity index (χ0) is 9.56. The summed E-state index contributed by atoms with van der Waals surface area (Å²) in [4.78, 5) is 10.7. The highest BCUT2D eigenvalue weighted by atomic mass is 16.8. The van der Waals surface area contributed by atoms with Gasteiger partial charge in [0.2, 0.25) is 6.29 Å². The molecule has 5 heteroatoms. The number of hydrogen-bond acceptors (Lipinski definition) is 4. The second-order valence-corrected chi connectivity index (χ2v) is 2.13. The number of primary amides is 1. The van der Waals surface area contributed by atoms with Gasteiger partial charge in [0.1, 0.15) is 0 Å². The summed E-state index contributed by atoms with van der Waals surface area (Å²) in [6, 6.07) is 0. The molecule has 2 atom stereocenters. The minimum absolute atomic E-state index is 0.365. The minimum atomic E-state index is -1.02. The molecule has 12 heavy (non-hydrogen) atoms. The molecular weight excluding hydrogens is 162 g/mol. The van der Waals surface area contributed by atoms with Gasteiger partial charge in [0.25, 0.3) is 5.91 Å². The average Bonchev–Trinajstić information content (AvgIpc) is 2.03. The summed E-state index contributed by atoms with van der Waals surface area (Å²) in [6.45, 7) is 3.76. The summed E-state index contributed by atoms with van der Waals surface area (Å²) in [5.41, 5.74) is 4.98. The summed E-state index contributed by atoms with van der Waals surface area (Å²) in [5.74, 6) is -0.652. The Morgan fingerprint density at radius 1 is 1.58 bits per heavy atom. The van der Waals surface area contributed by atoms with Crippen molar-refractivity contribution in [3.63, 3.8) is 0 Å². The second kappa shape index (κ2) is 5.93. The van der Waals surface area contributed by atoms with E-state index >= 15 is 0 Å². The van der Waals surface area contributed by atoms with Crippen molar-refractivity contribution in [1.82, 2.24) is 0 Å². The molecule has 0 bridgehead atoms. The zero-order valence-corrected chi connectivity index (χ0v) is 7.57. The van der Waals surface area contributed by atoms with Gasteiger partial charge in [-0.05, 0) is 13.8 Å². The Morgan fingerprint density at radius 2 is 2.17 bits per heavy atom. The molecule has 2 unspecified atom stereocenters. The maximum absolute atomic E-state index is 10.7. The summed E-state index contributed by atoms with van der Waals surface area (Å²) in [6.07, 6.45) is -1.53. The predicted octanol–water partition coefficient (Wildman–Crippen LogP) is -0.157. The Morgan fingerprint density at radius 3 is 2.50 bits per heavy atom. The first kappa shape index (κ1) is 11.4. The second-order valence-electron chi connectivity index (χ2n) is 2.13. The van der Waals surface area contributed by atoms with E-state index in [9.17, 15) is 4.79 Å².